The van der Waals surface area contributed by atoms with E-state index in [1.54, 1.807) is 30.3 Å². The summed E-state index contributed by atoms with van der Waals surface area (Å²) >= 11 is 3.37. The Bertz CT molecular complexity index is 1120. The van der Waals surface area contributed by atoms with Gasteiger partial charge in [0.15, 0.2) is 0 Å². The van der Waals surface area contributed by atoms with Crippen LogP contribution in [0.3, 0.4) is 0 Å². The van der Waals surface area contributed by atoms with Gasteiger partial charge in [0.1, 0.15) is 17.2 Å². The third kappa shape index (κ3) is 10.2. The molecule has 0 heterocycles. The number of rotatable bonds is 17. The molecule has 7 heteroatoms. The molecule has 0 aromatic heterocycles. The Morgan fingerprint density at radius 1 is 0.722 bits per heavy atom. The van der Waals surface area contributed by atoms with Gasteiger partial charge in [0.25, 0.3) is 0 Å². The fraction of sp³-hybridized carbons (Fsp3) is 0.448. The largest absolute Gasteiger partial charge is 0.584 e. The molecule has 5 nitrogen and oxygen atoms in total. The zero-order chi connectivity index (χ0) is 25.6. The normalized spacial score (nSPS) is 12.9. The van der Waals surface area contributed by atoms with Crippen molar-refractivity contribution in [3.8, 4) is 17.2 Å². The summed E-state index contributed by atoms with van der Waals surface area (Å²) in [6.07, 6.45) is 12.9. The second-order valence-electron chi connectivity index (χ2n) is 9.13. The molecule has 0 bridgehead atoms. The van der Waals surface area contributed by atoms with Gasteiger partial charge in [-0.25, -0.2) is 4.57 Å². The predicted molar refractivity (Wildman–Crippen MR) is 151 cm³/mol. The molecule has 0 fully saturated rings. The first kappa shape index (κ1) is 28.6. The molecule has 0 aliphatic heterocycles. The van der Waals surface area contributed by atoms with Crippen LogP contribution in [0.15, 0.2) is 60.7 Å². The number of hydrogen-bond donors (Lipinski definition) is 1. The van der Waals surface area contributed by atoms with Gasteiger partial charge in [0.2, 0.25) is 0 Å². The molecule has 0 saturated heterocycles. The van der Waals surface area contributed by atoms with E-state index in [1.807, 2.05) is 30.3 Å². The lowest BCUT2D eigenvalue weighted by molar-refractivity contribution is 0.291. The summed E-state index contributed by atoms with van der Waals surface area (Å²) in [5.41, 5.74) is 0.934. The summed E-state index contributed by atoms with van der Waals surface area (Å²) in [6, 6.07) is 18.1. The van der Waals surface area contributed by atoms with E-state index in [0.29, 0.717) is 11.9 Å². The lowest BCUT2D eigenvalue weighted by Crippen LogP contribution is -2.00. The van der Waals surface area contributed by atoms with Crippen molar-refractivity contribution in [1.29, 1.82) is 0 Å². The summed E-state index contributed by atoms with van der Waals surface area (Å²) < 4.78 is 29.1. The molecular weight excluding hydrogens is 539 g/mol. The standard InChI is InChI=1S/C29H38BrO5P/c1-2-3-4-5-6-7-8-9-10-11-19-33-27-17-15-25-16-18-29(22-26(25)21-27)35-36(31,32)34-28-14-12-13-24(20-28)23-30/h12-18,20-22H,2-11,19,23H2,1H3,(H,31,32). The molecule has 0 saturated carbocycles. The Balaban J connectivity index is 1.45. The maximum Gasteiger partial charge on any atom is 0.584 e. The van der Waals surface area contributed by atoms with Crippen LogP contribution in [0.1, 0.15) is 76.7 Å². The highest BCUT2D eigenvalue weighted by molar-refractivity contribution is 9.08. The summed E-state index contributed by atoms with van der Waals surface area (Å²) in [4.78, 5) is 10.3. The highest BCUT2D eigenvalue weighted by Gasteiger charge is 2.25. The Labute approximate surface area is 223 Å². The molecule has 0 aliphatic rings. The highest BCUT2D eigenvalue weighted by Crippen LogP contribution is 2.45. The maximum atomic E-state index is 12.6. The first-order chi connectivity index (χ1) is 17.5. The lowest BCUT2D eigenvalue weighted by atomic mass is 10.1. The van der Waals surface area contributed by atoms with Gasteiger partial charge < -0.3 is 13.8 Å². The number of ether oxygens (including phenoxy) is 1. The topological polar surface area (TPSA) is 65.0 Å². The van der Waals surface area contributed by atoms with E-state index < -0.39 is 7.82 Å². The van der Waals surface area contributed by atoms with Crippen LogP contribution in [0.5, 0.6) is 17.2 Å². The average Bonchev–Trinajstić information content (AvgIpc) is 2.86. The molecule has 3 rings (SSSR count). The number of halogens is 1. The molecule has 36 heavy (non-hydrogen) atoms. The van der Waals surface area contributed by atoms with Crippen LogP contribution in [-0.4, -0.2) is 11.5 Å². The number of alkyl halides is 1. The molecule has 0 spiro atoms. The number of unbranched alkanes of at least 4 members (excludes halogenated alkanes) is 9. The van der Waals surface area contributed by atoms with Gasteiger partial charge in [-0.1, -0.05) is 105 Å². The van der Waals surface area contributed by atoms with Crippen LogP contribution in [0.25, 0.3) is 10.8 Å². The summed E-state index contributed by atoms with van der Waals surface area (Å²) in [5.74, 6) is 1.32. The maximum absolute atomic E-state index is 12.6. The number of fused-ring (bicyclic) bond motifs is 1. The van der Waals surface area contributed by atoms with E-state index in [9.17, 15) is 9.46 Å². The zero-order valence-corrected chi connectivity index (χ0v) is 23.6. The first-order valence-corrected chi connectivity index (χ1v) is 15.6. The third-order valence-corrected chi connectivity index (χ3v) is 7.57. The molecule has 196 valence electrons. The smallest absolute Gasteiger partial charge is 0.494 e. The number of hydrogen-bond acceptors (Lipinski definition) is 4. The molecule has 0 radical (unpaired) electrons. The summed E-state index contributed by atoms with van der Waals surface area (Å²) in [5, 5.41) is 2.48. The van der Waals surface area contributed by atoms with Gasteiger partial charge in [0.05, 0.1) is 6.61 Å². The Morgan fingerprint density at radius 3 is 1.97 bits per heavy atom. The Kier molecular flexibility index (Phi) is 12.1. The minimum atomic E-state index is -4.34. The lowest BCUT2D eigenvalue weighted by Gasteiger charge is -2.15. The van der Waals surface area contributed by atoms with Crippen molar-refractivity contribution in [2.45, 2.75) is 76.5 Å². The van der Waals surface area contributed by atoms with Crippen molar-refractivity contribution in [2.75, 3.05) is 6.61 Å². The first-order valence-electron chi connectivity index (χ1n) is 13.0. The van der Waals surface area contributed by atoms with E-state index in [2.05, 4.69) is 22.9 Å². The molecular formula is C29H38BrO5P. The Hall–Kier alpha value is -2.01. The van der Waals surface area contributed by atoms with Crippen LogP contribution < -0.4 is 13.8 Å². The van der Waals surface area contributed by atoms with Gasteiger partial charge in [-0.2, -0.15) is 0 Å². The number of phosphoric acid groups is 1. The van der Waals surface area contributed by atoms with Crippen LogP contribution >= 0.6 is 23.8 Å². The van der Waals surface area contributed by atoms with Crippen molar-refractivity contribution < 1.29 is 23.2 Å². The third-order valence-electron chi connectivity index (χ3n) is 6.04. The van der Waals surface area contributed by atoms with Crippen molar-refractivity contribution in [3.05, 3.63) is 66.2 Å². The van der Waals surface area contributed by atoms with Crippen LogP contribution in [0.2, 0.25) is 0 Å². The van der Waals surface area contributed by atoms with Gasteiger partial charge in [-0.3, -0.25) is 4.89 Å². The van der Waals surface area contributed by atoms with E-state index >= 15 is 0 Å². The van der Waals surface area contributed by atoms with Crippen molar-refractivity contribution in [2.24, 2.45) is 0 Å². The van der Waals surface area contributed by atoms with E-state index in [0.717, 1.165) is 28.5 Å². The summed E-state index contributed by atoms with van der Waals surface area (Å²) in [7, 11) is -4.34. The minimum absolute atomic E-state index is 0.261. The molecule has 3 aromatic carbocycles. The molecule has 3 aromatic rings. The van der Waals surface area contributed by atoms with Crippen LogP contribution in [-0.2, 0) is 9.90 Å². The van der Waals surface area contributed by atoms with E-state index in [1.165, 1.54) is 57.8 Å². The SMILES string of the molecule is CCCCCCCCCCCCOc1ccc2ccc(OP(=O)(O)Oc3cccc(CBr)c3)cc2c1. The van der Waals surface area contributed by atoms with E-state index in [4.69, 9.17) is 13.8 Å². The van der Waals surface area contributed by atoms with Gasteiger partial charge in [-0.15, -0.1) is 0 Å². The van der Waals surface area contributed by atoms with Gasteiger partial charge >= 0.3 is 7.82 Å². The van der Waals surface area contributed by atoms with E-state index in [-0.39, 0.29) is 11.5 Å². The predicted octanol–water partition coefficient (Wildman–Crippen LogP) is 9.59. The molecule has 1 atom stereocenters. The monoisotopic (exact) mass is 576 g/mol. The minimum Gasteiger partial charge on any atom is -0.494 e. The second kappa shape index (κ2) is 15.3. The number of benzene rings is 3. The number of phosphoric ester groups is 1. The quantitative estimate of drug-likeness (QED) is 0.0983. The van der Waals surface area contributed by atoms with Crippen LogP contribution in [0, 0.1) is 0 Å². The van der Waals surface area contributed by atoms with Crippen molar-refractivity contribution in [1.82, 2.24) is 0 Å². The van der Waals surface area contributed by atoms with Crippen molar-refractivity contribution >= 4 is 34.5 Å². The molecule has 1 unspecified atom stereocenters. The highest BCUT2D eigenvalue weighted by atomic mass is 79.9. The molecule has 0 amide bonds. The fourth-order valence-corrected chi connectivity index (χ4v) is 5.25. The van der Waals surface area contributed by atoms with Crippen LogP contribution in [0.4, 0.5) is 0 Å². The van der Waals surface area contributed by atoms with Crippen molar-refractivity contribution in [3.63, 3.8) is 0 Å². The molecule has 1 N–H and O–H groups in total. The Morgan fingerprint density at radius 2 is 1.31 bits per heavy atom. The fourth-order valence-electron chi connectivity index (χ4n) is 4.10. The zero-order valence-electron chi connectivity index (χ0n) is 21.2. The second-order valence-corrected chi connectivity index (χ2v) is 11.0. The average molecular weight is 577 g/mol. The summed E-state index contributed by atoms with van der Waals surface area (Å²) in [6.45, 7) is 2.94. The van der Waals surface area contributed by atoms with Gasteiger partial charge in [-0.05, 0) is 59.2 Å². The molecule has 0 aliphatic carbocycles. The van der Waals surface area contributed by atoms with Gasteiger partial charge in [0, 0.05) is 5.33 Å².